The minimum atomic E-state index is -0.242. The molecule has 0 unspecified atom stereocenters. The highest BCUT2D eigenvalue weighted by Gasteiger charge is 2.13. The first-order valence-electron chi connectivity index (χ1n) is 6.19. The van der Waals surface area contributed by atoms with E-state index in [0.717, 1.165) is 24.6 Å². The summed E-state index contributed by atoms with van der Waals surface area (Å²) in [4.78, 5) is 24.8. The van der Waals surface area contributed by atoms with Crippen molar-refractivity contribution in [2.24, 2.45) is 0 Å². The van der Waals surface area contributed by atoms with E-state index < -0.39 is 0 Å². The zero-order valence-electron chi connectivity index (χ0n) is 10.9. The Morgan fingerprint density at radius 3 is 2.84 bits per heavy atom. The standard InChI is InChI=1S/C13H17NO4S/c1-10(15)8-18-13-9-17-11(6-12(13)16)7-14-2-4-19-5-3-14/h6,9H,2-5,7-8H2,1H3. The molecule has 2 rings (SSSR count). The van der Waals surface area contributed by atoms with Gasteiger partial charge in [-0.25, -0.2) is 0 Å². The first-order chi connectivity index (χ1) is 9.15. The molecule has 1 aliphatic heterocycles. The number of Topliss-reactive ketones (excluding diaryl/α,β-unsaturated/α-hetero) is 1. The number of hydrogen-bond donors (Lipinski definition) is 0. The second-order valence-electron chi connectivity index (χ2n) is 4.45. The van der Waals surface area contributed by atoms with Gasteiger partial charge in [-0.15, -0.1) is 0 Å². The Bertz CT molecular complexity index is 494. The lowest BCUT2D eigenvalue weighted by atomic mass is 10.3. The highest BCUT2D eigenvalue weighted by Crippen LogP contribution is 2.13. The monoisotopic (exact) mass is 283 g/mol. The molecule has 0 bridgehead atoms. The van der Waals surface area contributed by atoms with Gasteiger partial charge in [0.2, 0.25) is 11.2 Å². The van der Waals surface area contributed by atoms with E-state index in [9.17, 15) is 9.59 Å². The summed E-state index contributed by atoms with van der Waals surface area (Å²) in [6.07, 6.45) is 1.29. The van der Waals surface area contributed by atoms with E-state index in [1.165, 1.54) is 19.3 Å². The molecule has 2 heterocycles. The number of ketones is 1. The van der Waals surface area contributed by atoms with Gasteiger partial charge < -0.3 is 9.15 Å². The molecule has 104 valence electrons. The Kier molecular flexibility index (Phi) is 5.04. The fourth-order valence-electron chi connectivity index (χ4n) is 1.79. The predicted molar refractivity (Wildman–Crippen MR) is 73.8 cm³/mol. The molecule has 1 saturated heterocycles. The third-order valence-electron chi connectivity index (χ3n) is 2.77. The SMILES string of the molecule is CC(=O)COc1coc(CN2CCSCC2)cc1=O. The molecular weight excluding hydrogens is 266 g/mol. The molecule has 0 spiro atoms. The van der Waals surface area contributed by atoms with Gasteiger partial charge in [0, 0.05) is 30.7 Å². The van der Waals surface area contributed by atoms with Crippen molar-refractivity contribution in [1.29, 1.82) is 0 Å². The highest BCUT2D eigenvalue weighted by atomic mass is 32.2. The van der Waals surface area contributed by atoms with Crippen LogP contribution in [0.15, 0.2) is 21.5 Å². The van der Waals surface area contributed by atoms with Crippen LogP contribution in [0.25, 0.3) is 0 Å². The van der Waals surface area contributed by atoms with Crippen molar-refractivity contribution in [2.45, 2.75) is 13.5 Å². The van der Waals surface area contributed by atoms with Gasteiger partial charge >= 0.3 is 0 Å². The lowest BCUT2D eigenvalue weighted by Crippen LogP contribution is -2.32. The van der Waals surface area contributed by atoms with Gasteiger partial charge in [0.25, 0.3) is 0 Å². The molecule has 19 heavy (non-hydrogen) atoms. The van der Waals surface area contributed by atoms with Crippen LogP contribution < -0.4 is 10.2 Å². The van der Waals surface area contributed by atoms with Crippen molar-refractivity contribution in [2.75, 3.05) is 31.2 Å². The fourth-order valence-corrected chi connectivity index (χ4v) is 2.76. The lowest BCUT2D eigenvalue weighted by molar-refractivity contribution is -0.118. The molecule has 1 aromatic rings. The summed E-state index contributed by atoms with van der Waals surface area (Å²) in [5.74, 6) is 2.82. The summed E-state index contributed by atoms with van der Waals surface area (Å²) in [6.45, 7) is 3.97. The Hall–Kier alpha value is -1.27. The van der Waals surface area contributed by atoms with E-state index in [2.05, 4.69) is 4.90 Å². The summed E-state index contributed by atoms with van der Waals surface area (Å²) in [5.41, 5.74) is -0.242. The number of hydrogen-bond acceptors (Lipinski definition) is 6. The van der Waals surface area contributed by atoms with E-state index in [-0.39, 0.29) is 23.6 Å². The van der Waals surface area contributed by atoms with Crippen LogP contribution in [0, 0.1) is 0 Å². The van der Waals surface area contributed by atoms with Crippen LogP contribution in [0.2, 0.25) is 0 Å². The molecule has 6 heteroatoms. The zero-order valence-corrected chi connectivity index (χ0v) is 11.7. The summed E-state index contributed by atoms with van der Waals surface area (Å²) in [5, 5.41) is 0. The Morgan fingerprint density at radius 2 is 2.21 bits per heavy atom. The van der Waals surface area contributed by atoms with Crippen molar-refractivity contribution in [3.8, 4) is 5.75 Å². The maximum atomic E-state index is 11.8. The molecule has 0 radical (unpaired) electrons. The molecule has 0 aliphatic carbocycles. The molecule has 0 atom stereocenters. The Morgan fingerprint density at radius 1 is 1.47 bits per heavy atom. The largest absolute Gasteiger partial charge is 0.479 e. The number of carbonyl (C=O) groups is 1. The first kappa shape index (κ1) is 14.1. The second-order valence-corrected chi connectivity index (χ2v) is 5.68. The third kappa shape index (κ3) is 4.40. The summed E-state index contributed by atoms with van der Waals surface area (Å²) in [7, 11) is 0. The third-order valence-corrected chi connectivity index (χ3v) is 3.71. The molecule has 1 fully saturated rings. The normalized spacial score (nSPS) is 16.3. The van der Waals surface area contributed by atoms with Crippen LogP contribution in [0.3, 0.4) is 0 Å². The van der Waals surface area contributed by atoms with E-state index in [1.54, 1.807) is 0 Å². The molecule has 1 aliphatic rings. The number of thioether (sulfide) groups is 1. The van der Waals surface area contributed by atoms with Gasteiger partial charge in [-0.1, -0.05) is 0 Å². The van der Waals surface area contributed by atoms with E-state index >= 15 is 0 Å². The van der Waals surface area contributed by atoms with Crippen LogP contribution in [-0.2, 0) is 11.3 Å². The average Bonchev–Trinajstić information content (AvgIpc) is 2.39. The Labute approximate surface area is 115 Å². The van der Waals surface area contributed by atoms with Crippen LogP contribution in [-0.4, -0.2) is 41.9 Å². The average molecular weight is 283 g/mol. The van der Waals surface area contributed by atoms with Gasteiger partial charge in [0.05, 0.1) is 6.54 Å². The highest BCUT2D eigenvalue weighted by molar-refractivity contribution is 7.99. The quantitative estimate of drug-likeness (QED) is 0.808. The minimum Gasteiger partial charge on any atom is -0.479 e. The Balaban J connectivity index is 1.97. The van der Waals surface area contributed by atoms with E-state index in [1.807, 2.05) is 11.8 Å². The maximum Gasteiger partial charge on any atom is 0.227 e. The first-order valence-corrected chi connectivity index (χ1v) is 7.34. The number of rotatable bonds is 5. The lowest BCUT2D eigenvalue weighted by Gasteiger charge is -2.25. The van der Waals surface area contributed by atoms with E-state index in [0.29, 0.717) is 12.3 Å². The van der Waals surface area contributed by atoms with Crippen molar-refractivity contribution < 1.29 is 13.9 Å². The zero-order chi connectivity index (χ0) is 13.7. The molecule has 0 aromatic carbocycles. The van der Waals surface area contributed by atoms with Crippen LogP contribution in [0.4, 0.5) is 0 Å². The van der Waals surface area contributed by atoms with Crippen molar-refractivity contribution in [3.63, 3.8) is 0 Å². The number of carbonyl (C=O) groups excluding carboxylic acids is 1. The fraction of sp³-hybridized carbons (Fsp3) is 0.538. The summed E-state index contributed by atoms with van der Waals surface area (Å²) in [6, 6.07) is 1.44. The van der Waals surface area contributed by atoms with Crippen LogP contribution in [0.1, 0.15) is 12.7 Å². The molecule has 0 N–H and O–H groups in total. The topological polar surface area (TPSA) is 59.8 Å². The van der Waals surface area contributed by atoms with Crippen LogP contribution >= 0.6 is 11.8 Å². The smallest absolute Gasteiger partial charge is 0.227 e. The van der Waals surface area contributed by atoms with Crippen molar-refractivity contribution in [1.82, 2.24) is 4.90 Å². The van der Waals surface area contributed by atoms with Gasteiger partial charge in [-0.3, -0.25) is 14.5 Å². The molecular formula is C13H17NO4S. The molecule has 0 amide bonds. The van der Waals surface area contributed by atoms with Gasteiger partial charge in [0.1, 0.15) is 18.6 Å². The number of nitrogens with zero attached hydrogens (tertiary/aromatic N) is 1. The van der Waals surface area contributed by atoms with E-state index in [4.69, 9.17) is 9.15 Å². The predicted octanol–water partition coefficient (Wildman–Crippen LogP) is 1.16. The molecule has 5 nitrogen and oxygen atoms in total. The van der Waals surface area contributed by atoms with Crippen molar-refractivity contribution >= 4 is 17.5 Å². The van der Waals surface area contributed by atoms with Gasteiger partial charge in [-0.05, 0) is 6.92 Å². The maximum absolute atomic E-state index is 11.8. The molecule has 1 aromatic heterocycles. The van der Waals surface area contributed by atoms with Crippen LogP contribution in [0.5, 0.6) is 5.75 Å². The molecule has 0 saturated carbocycles. The minimum absolute atomic E-state index is 0.0909. The van der Waals surface area contributed by atoms with Gasteiger partial charge in [0.15, 0.2) is 5.78 Å². The van der Waals surface area contributed by atoms with Gasteiger partial charge in [-0.2, -0.15) is 11.8 Å². The second kappa shape index (κ2) is 6.77. The summed E-state index contributed by atoms with van der Waals surface area (Å²) < 4.78 is 10.5. The summed E-state index contributed by atoms with van der Waals surface area (Å²) >= 11 is 1.94. The number of ether oxygens (including phenoxy) is 1. The van der Waals surface area contributed by atoms with Crippen molar-refractivity contribution in [3.05, 3.63) is 28.3 Å².